The second-order valence-corrected chi connectivity index (χ2v) is 0. The average Bonchev–Trinajstić information content (AvgIpc) is 1.00. The summed E-state index contributed by atoms with van der Waals surface area (Å²) in [6.07, 6.45) is 0. The van der Waals surface area contributed by atoms with Gasteiger partial charge in [0.25, 0.3) is 0 Å². The molecule has 0 aromatic heterocycles. The monoisotopic (exact) mass is 216 g/mol. The summed E-state index contributed by atoms with van der Waals surface area (Å²) in [6, 6.07) is 0. The summed E-state index contributed by atoms with van der Waals surface area (Å²) in [7, 11) is 0. The molecule has 36 valence electrons. The van der Waals surface area contributed by atoms with E-state index in [1.54, 1.807) is 0 Å². The Morgan fingerprint density at radius 1 is 0.714 bits per heavy atom. The minimum absolute atomic E-state index is 0. The molecule has 0 bridgehead atoms. The van der Waals surface area contributed by atoms with Crippen molar-refractivity contribution in [2.45, 2.75) is 0 Å². The molecule has 0 aromatic carbocycles. The Labute approximate surface area is 74.1 Å². The topological polar surface area (TPSA) is 103 Å². The molecule has 0 heterocycles. The SMILES string of the molecule is [Al+3].[Al+3].[O-2].[O-2].[O-2].[O]=[Mo]. The van der Waals surface area contributed by atoms with Crippen molar-refractivity contribution >= 4 is 34.7 Å². The van der Waals surface area contributed by atoms with Gasteiger partial charge in [0.2, 0.25) is 0 Å². The standard InChI is InChI=1S/2Al.Mo.4O/q2*+3;;;3*-2. The molecule has 0 spiro atoms. The van der Waals surface area contributed by atoms with Crippen LogP contribution in [0.2, 0.25) is 0 Å². The van der Waals surface area contributed by atoms with E-state index in [0.29, 0.717) is 19.8 Å². The normalized spacial score (nSPS) is 0.571. The Hall–Kier alpha value is 1.43. The molecule has 0 rings (SSSR count). The van der Waals surface area contributed by atoms with Crippen LogP contribution in [0.1, 0.15) is 0 Å². The van der Waals surface area contributed by atoms with Crippen molar-refractivity contribution in [3.63, 3.8) is 0 Å². The van der Waals surface area contributed by atoms with Gasteiger partial charge in [0.05, 0.1) is 0 Å². The summed E-state index contributed by atoms with van der Waals surface area (Å²) >= 11 is 0.700. The van der Waals surface area contributed by atoms with Gasteiger partial charge in [0, 0.05) is 0 Å². The Morgan fingerprint density at radius 2 is 0.714 bits per heavy atom. The third kappa shape index (κ3) is 107. The molecule has 7 heteroatoms. The van der Waals surface area contributed by atoms with Crippen LogP contribution in [-0.4, -0.2) is 34.7 Å². The van der Waals surface area contributed by atoms with Crippen LogP contribution >= 0.6 is 0 Å². The summed E-state index contributed by atoms with van der Waals surface area (Å²) in [6.45, 7) is 0. The van der Waals surface area contributed by atoms with Gasteiger partial charge >= 0.3 is 57.9 Å². The van der Waals surface area contributed by atoms with Crippen molar-refractivity contribution < 1.29 is 39.6 Å². The Bertz CT molecular complexity index is 9.65. The van der Waals surface area contributed by atoms with Crippen LogP contribution in [-0.2, 0) is 39.6 Å². The van der Waals surface area contributed by atoms with Crippen molar-refractivity contribution in [2.75, 3.05) is 0 Å². The third-order valence-electron chi connectivity index (χ3n) is 0. The van der Waals surface area contributed by atoms with Crippen LogP contribution < -0.4 is 0 Å². The van der Waals surface area contributed by atoms with E-state index in [2.05, 4.69) is 0 Å². The summed E-state index contributed by atoms with van der Waals surface area (Å²) in [5.41, 5.74) is 0. The van der Waals surface area contributed by atoms with Gasteiger partial charge in [-0.15, -0.1) is 0 Å². The first-order chi connectivity index (χ1) is 1.00. The van der Waals surface area contributed by atoms with E-state index < -0.39 is 0 Å². The van der Waals surface area contributed by atoms with Gasteiger partial charge in [0.15, 0.2) is 0 Å². The zero-order valence-corrected chi connectivity index (χ0v) is 7.51. The maximum absolute atomic E-state index is 8.26. The molecule has 4 nitrogen and oxygen atoms in total. The Kier molecular flexibility index (Phi) is 1680. The molecule has 0 aromatic rings. The molecular weight excluding hydrogens is 214 g/mol. The van der Waals surface area contributed by atoms with Crippen molar-refractivity contribution in [1.29, 1.82) is 0 Å². The van der Waals surface area contributed by atoms with Gasteiger partial charge in [0.1, 0.15) is 0 Å². The van der Waals surface area contributed by atoms with Crippen molar-refractivity contribution in [2.24, 2.45) is 0 Å². The summed E-state index contributed by atoms with van der Waals surface area (Å²) in [5.74, 6) is 0. The van der Waals surface area contributed by atoms with Crippen LogP contribution in [0, 0.1) is 0 Å². The Morgan fingerprint density at radius 3 is 0.714 bits per heavy atom. The van der Waals surface area contributed by atoms with E-state index in [0.717, 1.165) is 0 Å². The molecule has 0 unspecified atom stereocenters. The van der Waals surface area contributed by atoms with Crippen molar-refractivity contribution in [3.05, 3.63) is 0 Å². The second-order valence-electron chi connectivity index (χ2n) is 0. The molecule has 0 N–H and O–H groups in total. The predicted octanol–water partition coefficient (Wildman–Crippen LogP) is -1.24. The first-order valence-corrected chi connectivity index (χ1v) is 0.986. The quantitative estimate of drug-likeness (QED) is 0.462. The fraction of sp³-hybridized carbons (Fsp3) is 0. The molecule has 0 radical (unpaired) electrons. The van der Waals surface area contributed by atoms with Gasteiger partial charge in [-0.25, -0.2) is 0 Å². The molecule has 7 heavy (non-hydrogen) atoms. The average molecular weight is 214 g/mol. The fourth-order valence-corrected chi connectivity index (χ4v) is 0. The van der Waals surface area contributed by atoms with Crippen LogP contribution in [0.5, 0.6) is 0 Å². The Balaban J connectivity index is -0.000000000500. The summed E-state index contributed by atoms with van der Waals surface area (Å²) in [5, 5.41) is 0. The van der Waals surface area contributed by atoms with Crippen LogP contribution in [0.25, 0.3) is 0 Å². The number of rotatable bonds is 0. The van der Waals surface area contributed by atoms with Crippen LogP contribution in [0.15, 0.2) is 0 Å². The fourth-order valence-electron chi connectivity index (χ4n) is 0. The van der Waals surface area contributed by atoms with E-state index in [4.69, 9.17) is 3.40 Å². The third-order valence-corrected chi connectivity index (χ3v) is 0. The van der Waals surface area contributed by atoms with Crippen molar-refractivity contribution in [1.82, 2.24) is 0 Å². The zero-order chi connectivity index (χ0) is 2.00. The van der Waals surface area contributed by atoms with E-state index in [9.17, 15) is 0 Å². The maximum atomic E-state index is 8.26. The van der Waals surface area contributed by atoms with Crippen molar-refractivity contribution in [3.8, 4) is 0 Å². The number of hydrogen-bond donors (Lipinski definition) is 0. The molecule has 0 amide bonds. The van der Waals surface area contributed by atoms with Gasteiger partial charge < -0.3 is 16.4 Å². The zero-order valence-electron chi connectivity index (χ0n) is 3.20. The molecule has 0 atom stereocenters. The van der Waals surface area contributed by atoms with Crippen LogP contribution in [0.3, 0.4) is 0 Å². The van der Waals surface area contributed by atoms with E-state index >= 15 is 0 Å². The predicted molar refractivity (Wildman–Crippen MR) is 14.3 cm³/mol. The molecule has 0 saturated carbocycles. The van der Waals surface area contributed by atoms with Gasteiger partial charge in [-0.3, -0.25) is 0 Å². The van der Waals surface area contributed by atoms with Gasteiger partial charge in [-0.1, -0.05) is 0 Å². The molecule has 0 aliphatic heterocycles. The first-order valence-electron chi connectivity index (χ1n) is 0.167. The minimum atomic E-state index is 0. The molecule has 0 aliphatic carbocycles. The molecular formula is Al2MoO4. The number of hydrogen-bond acceptors (Lipinski definition) is 1. The first kappa shape index (κ1) is 78.7. The van der Waals surface area contributed by atoms with E-state index in [1.165, 1.54) is 0 Å². The van der Waals surface area contributed by atoms with Gasteiger partial charge in [-0.05, 0) is 0 Å². The van der Waals surface area contributed by atoms with Gasteiger partial charge in [-0.2, -0.15) is 0 Å². The molecule has 0 aliphatic rings. The molecule has 0 saturated heterocycles. The van der Waals surface area contributed by atoms with E-state index in [-0.39, 0.29) is 51.2 Å². The van der Waals surface area contributed by atoms with E-state index in [1.807, 2.05) is 0 Å². The molecule has 0 fully saturated rings. The summed E-state index contributed by atoms with van der Waals surface area (Å²) in [4.78, 5) is 0. The van der Waals surface area contributed by atoms with Crippen LogP contribution in [0.4, 0.5) is 0 Å². The summed E-state index contributed by atoms with van der Waals surface area (Å²) < 4.78 is 8.26. The second kappa shape index (κ2) is 150.